The minimum absolute atomic E-state index is 0.141. The third-order valence-corrected chi connectivity index (χ3v) is 4.97. The van der Waals surface area contributed by atoms with Crippen molar-refractivity contribution in [1.29, 1.82) is 0 Å². The molecule has 166 valence electrons. The molecule has 0 aliphatic rings. The third kappa shape index (κ3) is 15.0. The lowest BCUT2D eigenvalue weighted by atomic mass is 9.99. The Labute approximate surface area is 170 Å². The lowest BCUT2D eigenvalue weighted by molar-refractivity contribution is -0.175. The van der Waals surface area contributed by atoms with Crippen molar-refractivity contribution in [2.45, 2.75) is 122 Å². The Bertz CT molecular complexity index is 408. The van der Waals surface area contributed by atoms with Crippen LogP contribution in [0, 0.1) is 0 Å². The molecule has 28 heavy (non-hydrogen) atoms. The predicted molar refractivity (Wildman–Crippen MR) is 110 cm³/mol. The molecule has 0 spiro atoms. The zero-order valence-corrected chi connectivity index (χ0v) is 18.0. The van der Waals surface area contributed by atoms with Gasteiger partial charge < -0.3 is 20.1 Å². The van der Waals surface area contributed by atoms with Crippen LogP contribution in [0.1, 0.15) is 110 Å². The predicted octanol–water partition coefficient (Wildman–Crippen LogP) is 4.03. The zero-order valence-electron chi connectivity index (χ0n) is 18.0. The normalized spacial score (nSPS) is 14.5. The molecule has 0 heterocycles. The van der Waals surface area contributed by atoms with Crippen LogP contribution in [0.15, 0.2) is 0 Å². The molecular formula is C22H42O6. The van der Waals surface area contributed by atoms with Crippen molar-refractivity contribution in [3.05, 3.63) is 0 Å². The number of ether oxygens (including phenoxy) is 1. The number of aliphatic hydroxyl groups is 3. The van der Waals surface area contributed by atoms with Gasteiger partial charge in [-0.05, 0) is 13.3 Å². The highest BCUT2D eigenvalue weighted by Crippen LogP contribution is 2.16. The first-order valence-corrected chi connectivity index (χ1v) is 11.1. The Morgan fingerprint density at radius 1 is 0.857 bits per heavy atom. The fourth-order valence-corrected chi connectivity index (χ4v) is 3.16. The summed E-state index contributed by atoms with van der Waals surface area (Å²) in [4.78, 5) is 23.5. The van der Waals surface area contributed by atoms with Crippen LogP contribution < -0.4 is 0 Å². The van der Waals surface area contributed by atoms with Crippen LogP contribution in [0.3, 0.4) is 0 Å². The molecule has 0 rings (SSSR count). The minimum Gasteiger partial charge on any atom is -0.394 e. The first-order chi connectivity index (χ1) is 13.3. The van der Waals surface area contributed by atoms with Gasteiger partial charge in [-0.2, -0.15) is 0 Å². The number of hydrogen-bond donors (Lipinski definition) is 3. The van der Waals surface area contributed by atoms with E-state index in [4.69, 9.17) is 5.11 Å². The lowest BCUT2D eigenvalue weighted by Gasteiger charge is -2.22. The van der Waals surface area contributed by atoms with Crippen LogP contribution in [0.5, 0.6) is 0 Å². The fraction of sp³-hybridized carbons (Fsp3) is 0.909. The van der Waals surface area contributed by atoms with E-state index in [1.807, 2.05) is 0 Å². The summed E-state index contributed by atoms with van der Waals surface area (Å²) in [6.45, 7) is 2.82. The van der Waals surface area contributed by atoms with Gasteiger partial charge in [0.05, 0.1) is 12.7 Å². The van der Waals surface area contributed by atoms with E-state index in [1.54, 1.807) is 0 Å². The Hall–Kier alpha value is -0.980. The highest BCUT2D eigenvalue weighted by atomic mass is 16.6. The molecule has 0 aromatic rings. The zero-order chi connectivity index (χ0) is 21.3. The second-order valence-electron chi connectivity index (χ2n) is 8.07. The lowest BCUT2D eigenvalue weighted by Crippen LogP contribution is -2.41. The third-order valence-electron chi connectivity index (χ3n) is 4.97. The minimum atomic E-state index is -1.99. The average molecular weight is 403 g/mol. The van der Waals surface area contributed by atoms with Crippen molar-refractivity contribution in [3.8, 4) is 0 Å². The van der Waals surface area contributed by atoms with Crippen molar-refractivity contribution in [2.75, 3.05) is 6.61 Å². The standard InChI is InChI=1S/C22H42O6/c1-3-4-5-6-7-8-9-10-11-12-13-14-15-16-20(25)28-21(26)22(2,27)17-19(24)18-23/h19,23-24,27H,3-18H2,1-2H3. The summed E-state index contributed by atoms with van der Waals surface area (Å²) in [5.74, 6) is -1.74. The molecule has 2 atom stereocenters. The Balaban J connectivity index is 3.58. The second-order valence-corrected chi connectivity index (χ2v) is 8.07. The number of esters is 2. The summed E-state index contributed by atoms with van der Waals surface area (Å²) >= 11 is 0. The van der Waals surface area contributed by atoms with Crippen molar-refractivity contribution >= 4 is 11.9 Å². The molecule has 6 nitrogen and oxygen atoms in total. The number of carbonyl (C=O) groups excluding carboxylic acids is 2. The summed E-state index contributed by atoms with van der Waals surface area (Å²) < 4.78 is 4.65. The summed E-state index contributed by atoms with van der Waals surface area (Å²) in [5.41, 5.74) is -1.99. The number of aliphatic hydroxyl groups excluding tert-OH is 2. The molecule has 0 amide bonds. The summed E-state index contributed by atoms with van der Waals surface area (Å²) in [5, 5.41) is 28.0. The number of rotatable bonds is 18. The molecule has 6 heteroatoms. The van der Waals surface area contributed by atoms with Gasteiger partial charge in [-0.25, -0.2) is 4.79 Å². The molecule has 0 aromatic carbocycles. The van der Waals surface area contributed by atoms with Gasteiger partial charge in [0.2, 0.25) is 0 Å². The Morgan fingerprint density at radius 3 is 1.71 bits per heavy atom. The van der Waals surface area contributed by atoms with Crippen LogP contribution in [0.4, 0.5) is 0 Å². The average Bonchev–Trinajstić information content (AvgIpc) is 2.64. The molecule has 0 aliphatic heterocycles. The Kier molecular flexibility index (Phi) is 16.3. The number of carbonyl (C=O) groups is 2. The molecule has 0 fully saturated rings. The van der Waals surface area contributed by atoms with E-state index in [0.29, 0.717) is 6.42 Å². The largest absolute Gasteiger partial charge is 0.394 e. The van der Waals surface area contributed by atoms with E-state index in [1.165, 1.54) is 57.8 Å². The maximum atomic E-state index is 11.8. The van der Waals surface area contributed by atoms with Crippen molar-refractivity contribution < 1.29 is 29.6 Å². The first-order valence-electron chi connectivity index (χ1n) is 11.1. The topological polar surface area (TPSA) is 104 Å². The van der Waals surface area contributed by atoms with Crippen LogP contribution in [-0.4, -0.2) is 45.6 Å². The van der Waals surface area contributed by atoms with E-state index in [0.717, 1.165) is 26.2 Å². The van der Waals surface area contributed by atoms with E-state index >= 15 is 0 Å². The molecule has 3 N–H and O–H groups in total. The van der Waals surface area contributed by atoms with Gasteiger partial charge in [-0.15, -0.1) is 0 Å². The number of hydrogen-bond acceptors (Lipinski definition) is 6. The quantitative estimate of drug-likeness (QED) is 0.182. The van der Waals surface area contributed by atoms with Crippen molar-refractivity contribution in [3.63, 3.8) is 0 Å². The molecule has 0 aliphatic carbocycles. The molecule has 0 bridgehead atoms. The highest BCUT2D eigenvalue weighted by Gasteiger charge is 2.35. The maximum Gasteiger partial charge on any atom is 0.345 e. The van der Waals surface area contributed by atoms with Gasteiger partial charge in [0.25, 0.3) is 0 Å². The monoisotopic (exact) mass is 402 g/mol. The van der Waals surface area contributed by atoms with E-state index < -0.39 is 30.3 Å². The van der Waals surface area contributed by atoms with E-state index in [9.17, 15) is 19.8 Å². The smallest absolute Gasteiger partial charge is 0.345 e. The first kappa shape index (κ1) is 27.0. The molecule has 0 saturated carbocycles. The van der Waals surface area contributed by atoms with Gasteiger partial charge >= 0.3 is 11.9 Å². The van der Waals surface area contributed by atoms with Gasteiger partial charge in [-0.1, -0.05) is 84.0 Å². The van der Waals surface area contributed by atoms with Crippen LogP contribution in [0.2, 0.25) is 0 Å². The van der Waals surface area contributed by atoms with Gasteiger partial charge in [0.15, 0.2) is 5.60 Å². The SMILES string of the molecule is CCCCCCCCCCCCCCCC(=O)OC(=O)C(C)(O)CC(O)CO. The van der Waals surface area contributed by atoms with E-state index in [2.05, 4.69) is 11.7 Å². The van der Waals surface area contributed by atoms with Gasteiger partial charge in [-0.3, -0.25) is 4.79 Å². The van der Waals surface area contributed by atoms with Gasteiger partial charge in [0, 0.05) is 12.8 Å². The molecule has 0 radical (unpaired) electrons. The summed E-state index contributed by atoms with van der Waals surface area (Å²) in [7, 11) is 0. The molecule has 2 unspecified atom stereocenters. The van der Waals surface area contributed by atoms with Crippen molar-refractivity contribution in [2.24, 2.45) is 0 Å². The fourth-order valence-electron chi connectivity index (χ4n) is 3.16. The highest BCUT2D eigenvalue weighted by molar-refractivity contribution is 5.90. The molecular weight excluding hydrogens is 360 g/mol. The van der Waals surface area contributed by atoms with Crippen LogP contribution in [-0.2, 0) is 14.3 Å². The van der Waals surface area contributed by atoms with Crippen LogP contribution in [0.25, 0.3) is 0 Å². The van der Waals surface area contributed by atoms with E-state index in [-0.39, 0.29) is 12.8 Å². The number of unbranched alkanes of at least 4 members (excludes halogenated alkanes) is 12. The van der Waals surface area contributed by atoms with Crippen LogP contribution >= 0.6 is 0 Å². The molecule has 0 aromatic heterocycles. The summed E-state index contributed by atoms with van der Waals surface area (Å²) in [6.07, 6.45) is 14.2. The summed E-state index contributed by atoms with van der Waals surface area (Å²) in [6, 6.07) is 0. The Morgan fingerprint density at radius 2 is 1.29 bits per heavy atom. The second kappa shape index (κ2) is 16.9. The molecule has 0 saturated heterocycles. The van der Waals surface area contributed by atoms with Gasteiger partial charge in [0.1, 0.15) is 0 Å². The van der Waals surface area contributed by atoms with Crippen molar-refractivity contribution in [1.82, 2.24) is 0 Å². The maximum absolute atomic E-state index is 11.8.